The summed E-state index contributed by atoms with van der Waals surface area (Å²) in [6.07, 6.45) is 5.98. The molecule has 1 N–H and O–H groups in total. The fraction of sp³-hybridized carbons (Fsp3) is 1.00. The molecule has 3 unspecified atom stereocenters. The average Bonchev–Trinajstić information content (AvgIpc) is 2.79. The largest absolute Gasteiger partial charge is 0.316 e. The molecule has 0 bridgehead atoms. The first-order valence-electron chi connectivity index (χ1n) is 6.23. The second-order valence-electron chi connectivity index (χ2n) is 6.32. The van der Waals surface area contributed by atoms with E-state index in [2.05, 4.69) is 33.1 Å². The molecule has 3 atom stereocenters. The van der Waals surface area contributed by atoms with Gasteiger partial charge in [-0.05, 0) is 43.1 Å². The minimum absolute atomic E-state index is 0.427. The van der Waals surface area contributed by atoms with Gasteiger partial charge >= 0.3 is 0 Å². The van der Waals surface area contributed by atoms with Crippen molar-refractivity contribution in [3.05, 3.63) is 0 Å². The van der Waals surface area contributed by atoms with Gasteiger partial charge in [-0.25, -0.2) is 0 Å². The van der Waals surface area contributed by atoms with Crippen LogP contribution in [0.2, 0.25) is 0 Å². The molecule has 0 aromatic rings. The molecular weight excluding hydrogens is 170 g/mol. The van der Waals surface area contributed by atoms with Crippen LogP contribution in [0.5, 0.6) is 0 Å². The van der Waals surface area contributed by atoms with E-state index < -0.39 is 0 Å². The number of hydrogen-bond donors (Lipinski definition) is 1. The number of fused-ring (bicyclic) bond motifs is 1. The van der Waals surface area contributed by atoms with E-state index in [4.69, 9.17) is 0 Å². The predicted octanol–water partition coefficient (Wildman–Crippen LogP) is 3.06. The summed E-state index contributed by atoms with van der Waals surface area (Å²) < 4.78 is 0. The SMILES string of the molecule is CNC(C1C2CCCCC21)C(C)(C)C. The lowest BCUT2D eigenvalue weighted by atomic mass is 9.82. The van der Waals surface area contributed by atoms with Gasteiger partial charge in [-0.2, -0.15) is 0 Å². The third-order valence-electron chi connectivity index (χ3n) is 4.35. The van der Waals surface area contributed by atoms with Crippen LogP contribution in [0.15, 0.2) is 0 Å². The summed E-state index contributed by atoms with van der Waals surface area (Å²) in [5, 5.41) is 3.56. The summed E-state index contributed by atoms with van der Waals surface area (Å²) in [7, 11) is 2.14. The Hall–Kier alpha value is -0.0400. The lowest BCUT2D eigenvalue weighted by molar-refractivity contribution is 0.240. The molecule has 0 amide bonds. The molecular formula is C13H25N. The van der Waals surface area contributed by atoms with Crippen LogP contribution < -0.4 is 5.32 Å². The Kier molecular flexibility index (Phi) is 2.63. The Morgan fingerprint density at radius 2 is 1.57 bits per heavy atom. The van der Waals surface area contributed by atoms with Crippen molar-refractivity contribution in [3.8, 4) is 0 Å². The van der Waals surface area contributed by atoms with Crippen LogP contribution in [0.1, 0.15) is 46.5 Å². The highest BCUT2D eigenvalue weighted by Gasteiger charge is 2.55. The Bertz CT molecular complexity index is 192. The Balaban J connectivity index is 2.01. The molecule has 2 aliphatic carbocycles. The molecule has 0 radical (unpaired) electrons. The van der Waals surface area contributed by atoms with E-state index in [-0.39, 0.29) is 0 Å². The smallest absolute Gasteiger partial charge is 0.0146 e. The summed E-state index contributed by atoms with van der Waals surface area (Å²) in [6, 6.07) is 0.732. The van der Waals surface area contributed by atoms with Crippen molar-refractivity contribution >= 4 is 0 Å². The zero-order valence-corrected chi connectivity index (χ0v) is 10.1. The highest BCUT2D eigenvalue weighted by atomic mass is 14.9. The normalized spacial score (nSPS) is 39.0. The fourth-order valence-corrected chi connectivity index (χ4v) is 3.74. The van der Waals surface area contributed by atoms with Crippen LogP contribution in [-0.4, -0.2) is 13.1 Å². The molecule has 0 spiro atoms. The van der Waals surface area contributed by atoms with Gasteiger partial charge in [-0.15, -0.1) is 0 Å². The molecule has 0 aromatic heterocycles. The van der Waals surface area contributed by atoms with Gasteiger partial charge in [0, 0.05) is 6.04 Å². The molecule has 2 aliphatic rings. The summed E-state index contributed by atoms with van der Waals surface area (Å²) in [5.74, 6) is 3.13. The minimum Gasteiger partial charge on any atom is -0.316 e. The summed E-state index contributed by atoms with van der Waals surface area (Å²) in [4.78, 5) is 0. The van der Waals surface area contributed by atoms with Gasteiger partial charge in [0.1, 0.15) is 0 Å². The summed E-state index contributed by atoms with van der Waals surface area (Å²) in [5.41, 5.74) is 0.427. The predicted molar refractivity (Wildman–Crippen MR) is 61.2 cm³/mol. The molecule has 2 rings (SSSR count). The van der Waals surface area contributed by atoms with E-state index in [1.54, 1.807) is 0 Å². The number of nitrogens with one attached hydrogen (secondary N) is 1. The summed E-state index contributed by atoms with van der Waals surface area (Å²) in [6.45, 7) is 7.12. The van der Waals surface area contributed by atoms with E-state index in [1.807, 2.05) is 0 Å². The first kappa shape index (κ1) is 10.5. The van der Waals surface area contributed by atoms with Gasteiger partial charge in [0.15, 0.2) is 0 Å². The van der Waals surface area contributed by atoms with E-state index >= 15 is 0 Å². The molecule has 0 heterocycles. The lowest BCUT2D eigenvalue weighted by Gasteiger charge is -2.31. The third-order valence-corrected chi connectivity index (χ3v) is 4.35. The molecule has 0 aromatic carbocycles. The van der Waals surface area contributed by atoms with Crippen molar-refractivity contribution in [2.24, 2.45) is 23.2 Å². The molecule has 2 saturated carbocycles. The first-order chi connectivity index (χ1) is 6.55. The third kappa shape index (κ3) is 1.71. The molecule has 0 aliphatic heterocycles. The molecule has 82 valence electrons. The minimum atomic E-state index is 0.427. The molecule has 0 saturated heterocycles. The van der Waals surface area contributed by atoms with Crippen molar-refractivity contribution in [1.29, 1.82) is 0 Å². The maximum Gasteiger partial charge on any atom is 0.0146 e. The van der Waals surface area contributed by atoms with Crippen molar-refractivity contribution in [2.75, 3.05) is 7.05 Å². The van der Waals surface area contributed by atoms with E-state index in [9.17, 15) is 0 Å². The molecule has 1 heteroatoms. The lowest BCUT2D eigenvalue weighted by Crippen LogP contribution is -2.40. The van der Waals surface area contributed by atoms with Crippen molar-refractivity contribution < 1.29 is 0 Å². The van der Waals surface area contributed by atoms with E-state index in [0.29, 0.717) is 5.41 Å². The Morgan fingerprint density at radius 3 is 1.93 bits per heavy atom. The quantitative estimate of drug-likeness (QED) is 0.714. The maximum absolute atomic E-state index is 3.56. The van der Waals surface area contributed by atoms with Crippen molar-refractivity contribution in [1.82, 2.24) is 5.32 Å². The second kappa shape index (κ2) is 3.52. The van der Waals surface area contributed by atoms with Crippen molar-refractivity contribution in [2.45, 2.75) is 52.5 Å². The number of rotatable bonds is 2. The topological polar surface area (TPSA) is 12.0 Å². The highest BCUT2D eigenvalue weighted by molar-refractivity contribution is 5.07. The molecule has 14 heavy (non-hydrogen) atoms. The monoisotopic (exact) mass is 195 g/mol. The highest BCUT2D eigenvalue weighted by Crippen LogP contribution is 2.59. The fourth-order valence-electron chi connectivity index (χ4n) is 3.74. The number of hydrogen-bond acceptors (Lipinski definition) is 1. The van der Waals surface area contributed by atoms with E-state index in [0.717, 1.165) is 23.8 Å². The van der Waals surface area contributed by atoms with Gasteiger partial charge in [0.05, 0.1) is 0 Å². The van der Waals surface area contributed by atoms with Gasteiger partial charge < -0.3 is 5.32 Å². The molecule has 1 nitrogen and oxygen atoms in total. The standard InChI is InChI=1S/C13H25N/c1-13(2,3)12(14-4)11-9-7-5-6-8-10(9)11/h9-12,14H,5-8H2,1-4H3. The van der Waals surface area contributed by atoms with Gasteiger partial charge in [0.2, 0.25) is 0 Å². The van der Waals surface area contributed by atoms with E-state index in [1.165, 1.54) is 25.7 Å². The Morgan fingerprint density at radius 1 is 1.07 bits per heavy atom. The zero-order chi connectivity index (χ0) is 10.3. The van der Waals surface area contributed by atoms with Crippen LogP contribution in [-0.2, 0) is 0 Å². The van der Waals surface area contributed by atoms with Gasteiger partial charge in [-0.3, -0.25) is 0 Å². The second-order valence-corrected chi connectivity index (χ2v) is 6.32. The van der Waals surface area contributed by atoms with Crippen LogP contribution >= 0.6 is 0 Å². The first-order valence-corrected chi connectivity index (χ1v) is 6.23. The zero-order valence-electron chi connectivity index (χ0n) is 10.1. The average molecular weight is 195 g/mol. The van der Waals surface area contributed by atoms with Crippen LogP contribution in [0.4, 0.5) is 0 Å². The van der Waals surface area contributed by atoms with Crippen LogP contribution in [0.3, 0.4) is 0 Å². The molecule has 2 fully saturated rings. The Labute approximate surface area is 88.7 Å². The van der Waals surface area contributed by atoms with Gasteiger partial charge in [0.25, 0.3) is 0 Å². The van der Waals surface area contributed by atoms with Crippen molar-refractivity contribution in [3.63, 3.8) is 0 Å². The maximum atomic E-state index is 3.56. The van der Waals surface area contributed by atoms with Crippen LogP contribution in [0.25, 0.3) is 0 Å². The van der Waals surface area contributed by atoms with Gasteiger partial charge in [-0.1, -0.05) is 33.6 Å². The van der Waals surface area contributed by atoms with Crippen LogP contribution in [0, 0.1) is 23.2 Å². The summed E-state index contributed by atoms with van der Waals surface area (Å²) >= 11 is 0.